The first kappa shape index (κ1) is 13.2. The molecule has 0 radical (unpaired) electrons. The monoisotopic (exact) mass is 256 g/mol. The third-order valence-corrected chi connectivity index (χ3v) is 5.56. The first-order chi connectivity index (χ1) is 8.21. The Labute approximate surface area is 109 Å². The van der Waals surface area contributed by atoms with Gasteiger partial charge in [0.15, 0.2) is 0 Å². The summed E-state index contributed by atoms with van der Waals surface area (Å²) in [6.07, 6.45) is 9.91. The van der Waals surface area contributed by atoms with Crippen LogP contribution in [0.3, 0.4) is 0 Å². The van der Waals surface area contributed by atoms with Crippen molar-refractivity contribution in [3.05, 3.63) is 0 Å². The molecule has 1 saturated carbocycles. The second-order valence-corrected chi connectivity index (χ2v) is 6.58. The van der Waals surface area contributed by atoms with Gasteiger partial charge in [-0.3, -0.25) is 10.1 Å². The van der Waals surface area contributed by atoms with Crippen molar-refractivity contribution in [2.45, 2.75) is 56.4 Å². The molecule has 0 bridgehead atoms. The van der Waals surface area contributed by atoms with Crippen LogP contribution in [0.4, 0.5) is 0 Å². The van der Waals surface area contributed by atoms with E-state index in [2.05, 4.69) is 23.4 Å². The molecule has 0 aromatic carbocycles. The van der Waals surface area contributed by atoms with Gasteiger partial charge in [-0.1, -0.05) is 26.2 Å². The first-order valence-electron chi connectivity index (χ1n) is 6.79. The molecule has 98 valence electrons. The Morgan fingerprint density at radius 2 is 2.18 bits per heavy atom. The lowest BCUT2D eigenvalue weighted by Crippen LogP contribution is -2.45. The van der Waals surface area contributed by atoms with Gasteiger partial charge < -0.3 is 4.90 Å². The summed E-state index contributed by atoms with van der Waals surface area (Å²) in [4.78, 5) is 14.1. The van der Waals surface area contributed by atoms with Crippen molar-refractivity contribution >= 4 is 17.7 Å². The van der Waals surface area contributed by atoms with E-state index >= 15 is 0 Å². The third kappa shape index (κ3) is 2.79. The largest absolute Gasteiger partial charge is 0.325 e. The van der Waals surface area contributed by atoms with Crippen molar-refractivity contribution in [1.82, 2.24) is 10.2 Å². The number of amides is 1. The second-order valence-electron chi connectivity index (χ2n) is 5.30. The van der Waals surface area contributed by atoms with Crippen LogP contribution in [-0.2, 0) is 4.79 Å². The molecule has 1 atom stereocenters. The Bertz CT molecular complexity index is 277. The highest BCUT2D eigenvalue weighted by molar-refractivity contribution is 8.00. The van der Waals surface area contributed by atoms with E-state index in [-0.39, 0.29) is 6.17 Å². The lowest BCUT2D eigenvalue weighted by molar-refractivity contribution is -0.128. The van der Waals surface area contributed by atoms with E-state index in [9.17, 15) is 4.79 Å². The molecule has 1 aliphatic heterocycles. The van der Waals surface area contributed by atoms with Crippen LogP contribution >= 0.6 is 11.8 Å². The van der Waals surface area contributed by atoms with Crippen LogP contribution in [0.25, 0.3) is 0 Å². The number of thioether (sulfide) groups is 1. The minimum atomic E-state index is 0.289. The Morgan fingerprint density at radius 1 is 1.47 bits per heavy atom. The van der Waals surface area contributed by atoms with E-state index in [4.69, 9.17) is 0 Å². The maximum Gasteiger partial charge on any atom is 0.237 e. The molecule has 0 aromatic rings. The summed E-state index contributed by atoms with van der Waals surface area (Å²) < 4.78 is 0.341. The van der Waals surface area contributed by atoms with Gasteiger partial charge in [0.25, 0.3) is 0 Å². The highest BCUT2D eigenvalue weighted by Gasteiger charge is 2.40. The van der Waals surface area contributed by atoms with Crippen LogP contribution in [0.2, 0.25) is 0 Å². The van der Waals surface area contributed by atoms with Crippen molar-refractivity contribution in [2.75, 3.05) is 19.3 Å². The highest BCUT2D eigenvalue weighted by Crippen LogP contribution is 2.41. The molecule has 3 nitrogen and oxygen atoms in total. The molecular formula is C13H24N2OS. The second kappa shape index (κ2) is 5.61. The minimum absolute atomic E-state index is 0.289. The molecule has 1 N–H and O–H groups in total. The summed E-state index contributed by atoms with van der Waals surface area (Å²) in [7, 11) is 0. The van der Waals surface area contributed by atoms with Crippen LogP contribution < -0.4 is 5.32 Å². The van der Waals surface area contributed by atoms with Crippen LogP contribution in [0, 0.1) is 0 Å². The molecule has 0 aromatic heterocycles. The Morgan fingerprint density at radius 3 is 2.76 bits per heavy atom. The predicted octanol–water partition coefficient (Wildman–Crippen LogP) is 2.22. The fraction of sp³-hybridized carbons (Fsp3) is 0.923. The average molecular weight is 256 g/mol. The standard InChI is InChI=1S/C13H24N2OS/c1-3-6-11-14-9-12(16)15(11)10-13(17-2)7-4-5-8-13/h11,14H,3-10H2,1-2H3. The van der Waals surface area contributed by atoms with Crippen LogP contribution in [0.1, 0.15) is 45.4 Å². The number of nitrogens with one attached hydrogen (secondary N) is 1. The molecule has 1 saturated heterocycles. The smallest absolute Gasteiger partial charge is 0.237 e. The summed E-state index contributed by atoms with van der Waals surface area (Å²) in [6, 6.07) is 0. The molecule has 1 unspecified atom stereocenters. The number of carbonyl (C=O) groups is 1. The fourth-order valence-corrected chi connectivity index (χ4v) is 4.04. The molecule has 2 rings (SSSR count). The third-order valence-electron chi connectivity index (χ3n) is 4.15. The molecule has 17 heavy (non-hydrogen) atoms. The number of nitrogens with zero attached hydrogens (tertiary/aromatic N) is 1. The number of hydrogen-bond acceptors (Lipinski definition) is 3. The molecule has 2 aliphatic rings. The van der Waals surface area contributed by atoms with Gasteiger partial charge in [0.2, 0.25) is 5.91 Å². The van der Waals surface area contributed by atoms with E-state index in [0.29, 0.717) is 17.2 Å². The van der Waals surface area contributed by atoms with Crippen molar-refractivity contribution in [2.24, 2.45) is 0 Å². The van der Waals surface area contributed by atoms with E-state index in [0.717, 1.165) is 19.4 Å². The first-order valence-corrected chi connectivity index (χ1v) is 8.01. The van der Waals surface area contributed by atoms with Gasteiger partial charge in [-0.25, -0.2) is 0 Å². The zero-order chi connectivity index (χ0) is 12.3. The van der Waals surface area contributed by atoms with Gasteiger partial charge in [-0.05, 0) is 25.5 Å². The quantitative estimate of drug-likeness (QED) is 0.818. The molecule has 0 spiro atoms. The summed E-state index contributed by atoms with van der Waals surface area (Å²) in [5.41, 5.74) is 0. The molecule has 1 amide bonds. The van der Waals surface area contributed by atoms with E-state index < -0.39 is 0 Å². The van der Waals surface area contributed by atoms with Crippen molar-refractivity contribution in [1.29, 1.82) is 0 Å². The molecule has 2 fully saturated rings. The fourth-order valence-electron chi connectivity index (χ4n) is 3.08. The van der Waals surface area contributed by atoms with Gasteiger partial charge in [-0.15, -0.1) is 0 Å². The van der Waals surface area contributed by atoms with Crippen LogP contribution in [0.5, 0.6) is 0 Å². The zero-order valence-electron chi connectivity index (χ0n) is 11.0. The lowest BCUT2D eigenvalue weighted by atomic mass is 10.1. The Hall–Kier alpha value is -0.220. The van der Waals surface area contributed by atoms with E-state index in [1.165, 1.54) is 25.7 Å². The number of rotatable bonds is 5. The molecule has 1 aliphatic carbocycles. The summed E-state index contributed by atoms with van der Waals surface area (Å²) in [6.45, 7) is 3.67. The number of carbonyl (C=O) groups excluding carboxylic acids is 1. The van der Waals surface area contributed by atoms with Gasteiger partial charge in [0.05, 0.1) is 12.7 Å². The van der Waals surface area contributed by atoms with Crippen molar-refractivity contribution in [3.63, 3.8) is 0 Å². The SMILES string of the molecule is CCCC1NCC(=O)N1CC1(SC)CCCC1. The van der Waals surface area contributed by atoms with Crippen molar-refractivity contribution in [3.8, 4) is 0 Å². The molecule has 1 heterocycles. The van der Waals surface area contributed by atoms with Gasteiger partial charge in [0.1, 0.15) is 0 Å². The zero-order valence-corrected chi connectivity index (χ0v) is 11.8. The maximum absolute atomic E-state index is 12.0. The van der Waals surface area contributed by atoms with Crippen LogP contribution in [0.15, 0.2) is 0 Å². The summed E-state index contributed by atoms with van der Waals surface area (Å²) in [5.74, 6) is 0.295. The van der Waals surface area contributed by atoms with E-state index in [1.807, 2.05) is 11.8 Å². The average Bonchev–Trinajstić information content (AvgIpc) is 2.92. The lowest BCUT2D eigenvalue weighted by Gasteiger charge is -2.34. The predicted molar refractivity (Wildman–Crippen MR) is 73.1 cm³/mol. The van der Waals surface area contributed by atoms with Crippen LogP contribution in [-0.4, -0.2) is 41.1 Å². The minimum Gasteiger partial charge on any atom is -0.325 e. The molecular weight excluding hydrogens is 232 g/mol. The highest BCUT2D eigenvalue weighted by atomic mass is 32.2. The van der Waals surface area contributed by atoms with Crippen molar-refractivity contribution < 1.29 is 4.79 Å². The van der Waals surface area contributed by atoms with Gasteiger partial charge >= 0.3 is 0 Å². The maximum atomic E-state index is 12.0. The number of hydrogen-bond donors (Lipinski definition) is 1. The Balaban J connectivity index is 2.01. The summed E-state index contributed by atoms with van der Waals surface area (Å²) >= 11 is 1.97. The van der Waals surface area contributed by atoms with E-state index in [1.54, 1.807) is 0 Å². The topological polar surface area (TPSA) is 32.3 Å². The summed E-state index contributed by atoms with van der Waals surface area (Å²) in [5, 5.41) is 3.34. The molecule has 4 heteroatoms. The normalized spacial score (nSPS) is 28.0. The van der Waals surface area contributed by atoms with Gasteiger partial charge in [0, 0.05) is 11.3 Å². The van der Waals surface area contributed by atoms with Gasteiger partial charge in [-0.2, -0.15) is 11.8 Å². The Kier molecular flexibility index (Phi) is 4.36.